The molecule has 10 heteroatoms. The van der Waals surface area contributed by atoms with Crippen molar-refractivity contribution in [3.8, 4) is 0 Å². The fourth-order valence-corrected chi connectivity index (χ4v) is 2.87. The quantitative estimate of drug-likeness (QED) is 0.525. The molecule has 1 atom stereocenters. The van der Waals surface area contributed by atoms with Crippen LogP contribution in [0.3, 0.4) is 0 Å². The van der Waals surface area contributed by atoms with Gasteiger partial charge in [-0.05, 0) is 36.2 Å². The van der Waals surface area contributed by atoms with Crippen LogP contribution in [0.1, 0.15) is 24.2 Å². The van der Waals surface area contributed by atoms with Crippen molar-refractivity contribution in [3.05, 3.63) is 67.9 Å². The van der Waals surface area contributed by atoms with Gasteiger partial charge in [0.25, 0.3) is 5.91 Å². The van der Waals surface area contributed by atoms with Crippen LogP contribution in [-0.4, -0.2) is 22.8 Å². The summed E-state index contributed by atoms with van der Waals surface area (Å²) >= 11 is 11.8. The monoisotopic (exact) mass is 427 g/mol. The third-order valence-corrected chi connectivity index (χ3v) is 4.37. The number of carbonyl (C=O) groups excluding carboxylic acids is 2. The number of anilines is 1. The van der Waals surface area contributed by atoms with Crippen molar-refractivity contribution in [2.24, 2.45) is 5.92 Å². The van der Waals surface area contributed by atoms with Crippen molar-refractivity contribution >= 4 is 46.4 Å². The Kier molecular flexibility index (Phi) is 6.93. The van der Waals surface area contributed by atoms with Gasteiger partial charge < -0.3 is 10.6 Å². The summed E-state index contributed by atoms with van der Waals surface area (Å²) in [6.07, 6.45) is 0. The third-order valence-electron chi connectivity index (χ3n) is 3.82. The van der Waals surface area contributed by atoms with Crippen LogP contribution < -0.4 is 10.6 Å². The van der Waals surface area contributed by atoms with Crippen LogP contribution in [-0.2, 0) is 4.79 Å². The molecule has 2 aromatic carbocycles. The minimum absolute atomic E-state index is 0.0301. The van der Waals surface area contributed by atoms with E-state index in [0.717, 1.165) is 12.1 Å². The van der Waals surface area contributed by atoms with Gasteiger partial charge in [0, 0.05) is 16.8 Å². The molecular weight excluding hydrogens is 412 g/mol. The van der Waals surface area contributed by atoms with Gasteiger partial charge in [0.15, 0.2) is 0 Å². The van der Waals surface area contributed by atoms with E-state index in [4.69, 9.17) is 23.2 Å². The standard InChI is InChI=1S/C18H16Cl2FN3O4/c1-9(2)16(23-17(25)12-5-3-10(19)7-13(12)20)18(26)22-11-4-6-14(21)15(8-11)24(27)28/h3-9,16H,1-2H3,(H,22,26)(H,23,25). The molecule has 0 aromatic heterocycles. The summed E-state index contributed by atoms with van der Waals surface area (Å²) in [5.74, 6) is -2.53. The summed E-state index contributed by atoms with van der Waals surface area (Å²) in [4.78, 5) is 35.0. The van der Waals surface area contributed by atoms with Crippen LogP contribution in [0.25, 0.3) is 0 Å². The Balaban J connectivity index is 2.19. The molecule has 0 spiro atoms. The first-order chi connectivity index (χ1) is 13.1. The number of nitro benzene ring substituents is 1. The topological polar surface area (TPSA) is 101 Å². The number of benzene rings is 2. The zero-order valence-corrected chi connectivity index (χ0v) is 16.3. The van der Waals surface area contributed by atoms with E-state index < -0.39 is 34.3 Å². The third kappa shape index (κ3) is 5.17. The van der Waals surface area contributed by atoms with E-state index in [1.54, 1.807) is 13.8 Å². The van der Waals surface area contributed by atoms with Gasteiger partial charge in [0.2, 0.25) is 11.7 Å². The average molecular weight is 428 g/mol. The Bertz CT molecular complexity index is 937. The molecule has 2 aromatic rings. The molecule has 2 N–H and O–H groups in total. The normalized spacial score (nSPS) is 11.8. The largest absolute Gasteiger partial charge is 0.340 e. The molecule has 0 aliphatic carbocycles. The van der Waals surface area contributed by atoms with Gasteiger partial charge in [-0.2, -0.15) is 4.39 Å². The SMILES string of the molecule is CC(C)C(NC(=O)c1ccc(Cl)cc1Cl)C(=O)Nc1ccc(F)c([N+](=O)[O-])c1. The molecule has 0 heterocycles. The van der Waals surface area contributed by atoms with Crippen LogP contribution >= 0.6 is 23.2 Å². The maximum Gasteiger partial charge on any atom is 0.306 e. The van der Waals surface area contributed by atoms with E-state index >= 15 is 0 Å². The minimum atomic E-state index is -1.02. The lowest BCUT2D eigenvalue weighted by Crippen LogP contribution is -2.47. The highest BCUT2D eigenvalue weighted by molar-refractivity contribution is 6.36. The zero-order chi connectivity index (χ0) is 21.0. The van der Waals surface area contributed by atoms with Gasteiger partial charge in [-0.1, -0.05) is 37.0 Å². The molecular formula is C18H16Cl2FN3O4. The van der Waals surface area contributed by atoms with E-state index in [0.29, 0.717) is 5.02 Å². The summed E-state index contributed by atoms with van der Waals surface area (Å²) in [5, 5.41) is 16.3. The highest BCUT2D eigenvalue weighted by Crippen LogP contribution is 2.23. The van der Waals surface area contributed by atoms with Crippen LogP contribution in [0.4, 0.5) is 15.8 Å². The predicted octanol–water partition coefficient (Wildman–Crippen LogP) is 4.43. The lowest BCUT2D eigenvalue weighted by atomic mass is 10.0. The zero-order valence-electron chi connectivity index (χ0n) is 14.8. The van der Waals surface area contributed by atoms with Crippen LogP contribution in [0.2, 0.25) is 10.0 Å². The van der Waals surface area contributed by atoms with Gasteiger partial charge in [-0.3, -0.25) is 19.7 Å². The average Bonchev–Trinajstić information content (AvgIpc) is 2.60. The highest BCUT2D eigenvalue weighted by Gasteiger charge is 2.26. The maximum absolute atomic E-state index is 13.4. The van der Waals surface area contributed by atoms with Crippen molar-refractivity contribution in [1.29, 1.82) is 0 Å². The van der Waals surface area contributed by atoms with E-state index in [-0.39, 0.29) is 22.2 Å². The minimum Gasteiger partial charge on any atom is -0.340 e. The number of nitrogens with zero attached hydrogens (tertiary/aromatic N) is 1. The van der Waals surface area contributed by atoms with E-state index in [1.165, 1.54) is 24.3 Å². The first-order valence-corrected chi connectivity index (χ1v) is 8.86. The van der Waals surface area contributed by atoms with Crippen LogP contribution in [0.15, 0.2) is 36.4 Å². The molecule has 0 saturated carbocycles. The van der Waals surface area contributed by atoms with E-state index in [2.05, 4.69) is 10.6 Å². The van der Waals surface area contributed by atoms with Gasteiger partial charge in [0.05, 0.1) is 15.5 Å². The summed E-state index contributed by atoms with van der Waals surface area (Å²) in [6, 6.07) is 6.33. The van der Waals surface area contributed by atoms with Crippen LogP contribution in [0, 0.1) is 21.8 Å². The Labute approximate surface area is 170 Å². The predicted molar refractivity (Wildman–Crippen MR) is 104 cm³/mol. The summed E-state index contributed by atoms with van der Waals surface area (Å²) in [5.41, 5.74) is -0.597. The number of nitrogens with one attached hydrogen (secondary N) is 2. The smallest absolute Gasteiger partial charge is 0.306 e. The molecule has 0 fully saturated rings. The van der Waals surface area contributed by atoms with Gasteiger partial charge in [0.1, 0.15) is 6.04 Å². The number of hydrogen-bond donors (Lipinski definition) is 2. The highest BCUT2D eigenvalue weighted by atomic mass is 35.5. The Morgan fingerprint density at radius 1 is 1.14 bits per heavy atom. The summed E-state index contributed by atoms with van der Waals surface area (Å²) in [6.45, 7) is 3.42. The van der Waals surface area contributed by atoms with Crippen molar-refractivity contribution in [3.63, 3.8) is 0 Å². The summed E-state index contributed by atoms with van der Waals surface area (Å²) in [7, 11) is 0. The first kappa shape index (κ1) is 21.6. The molecule has 0 saturated heterocycles. The van der Waals surface area contributed by atoms with Gasteiger partial charge in [-0.25, -0.2) is 0 Å². The lowest BCUT2D eigenvalue weighted by Gasteiger charge is -2.22. The number of carbonyl (C=O) groups is 2. The summed E-state index contributed by atoms with van der Waals surface area (Å²) < 4.78 is 13.4. The molecule has 2 amide bonds. The molecule has 148 valence electrons. The number of hydrogen-bond acceptors (Lipinski definition) is 4. The van der Waals surface area contributed by atoms with Crippen molar-refractivity contribution in [2.75, 3.05) is 5.32 Å². The van der Waals surface area contributed by atoms with E-state index in [9.17, 15) is 24.1 Å². The second-order valence-electron chi connectivity index (χ2n) is 6.23. The molecule has 7 nitrogen and oxygen atoms in total. The Hall–Kier alpha value is -2.71. The van der Waals surface area contributed by atoms with Gasteiger partial charge in [-0.15, -0.1) is 0 Å². The Morgan fingerprint density at radius 2 is 1.82 bits per heavy atom. The maximum atomic E-state index is 13.4. The number of halogens is 3. The van der Waals surface area contributed by atoms with Crippen LogP contribution in [0.5, 0.6) is 0 Å². The second-order valence-corrected chi connectivity index (χ2v) is 7.08. The van der Waals surface area contributed by atoms with Crippen molar-refractivity contribution in [2.45, 2.75) is 19.9 Å². The number of rotatable bonds is 6. The second kappa shape index (κ2) is 8.99. The van der Waals surface area contributed by atoms with E-state index in [1.807, 2.05) is 0 Å². The number of amides is 2. The molecule has 0 bridgehead atoms. The molecule has 0 aliphatic rings. The molecule has 0 aliphatic heterocycles. The fourth-order valence-electron chi connectivity index (χ4n) is 2.38. The first-order valence-electron chi connectivity index (χ1n) is 8.11. The Morgan fingerprint density at radius 3 is 2.39 bits per heavy atom. The lowest BCUT2D eigenvalue weighted by molar-refractivity contribution is -0.387. The fraction of sp³-hybridized carbons (Fsp3) is 0.222. The molecule has 1 unspecified atom stereocenters. The number of nitro groups is 1. The van der Waals surface area contributed by atoms with Gasteiger partial charge >= 0.3 is 5.69 Å². The molecule has 0 radical (unpaired) electrons. The van der Waals surface area contributed by atoms with Crippen molar-refractivity contribution < 1.29 is 18.9 Å². The van der Waals surface area contributed by atoms with Crippen molar-refractivity contribution in [1.82, 2.24) is 5.32 Å². The molecule has 2 rings (SSSR count). The molecule has 28 heavy (non-hydrogen) atoms.